The monoisotopic (exact) mass is 592 g/mol. The molecule has 2 saturated heterocycles. The first-order valence-corrected chi connectivity index (χ1v) is 14.6. The minimum atomic E-state index is -0.0221. The fraction of sp³-hybridized carbons (Fsp3) is 0.452. The van der Waals surface area contributed by atoms with E-state index in [4.69, 9.17) is 9.57 Å². The molecule has 0 atom stereocenters. The molecule has 3 aromatic rings. The van der Waals surface area contributed by atoms with Crippen molar-refractivity contribution in [1.29, 1.82) is 0 Å². The fourth-order valence-corrected chi connectivity index (χ4v) is 6.17. The summed E-state index contributed by atoms with van der Waals surface area (Å²) in [5, 5.41) is 5.45. The van der Waals surface area contributed by atoms with Crippen LogP contribution in [0.4, 0.5) is 0 Å². The van der Waals surface area contributed by atoms with Crippen molar-refractivity contribution in [2.24, 2.45) is 11.1 Å². The van der Waals surface area contributed by atoms with E-state index in [-0.39, 0.29) is 11.4 Å². The number of methoxy groups -OCH3 is 1. The highest BCUT2D eigenvalue weighted by Gasteiger charge is 2.39. The molecule has 2 aliphatic rings. The van der Waals surface area contributed by atoms with E-state index in [1.54, 1.807) is 13.2 Å². The maximum absolute atomic E-state index is 13.4. The van der Waals surface area contributed by atoms with Crippen molar-refractivity contribution in [3.63, 3.8) is 0 Å². The number of rotatable bonds is 7. The number of aromatic nitrogens is 1. The van der Waals surface area contributed by atoms with Crippen LogP contribution in [0.2, 0.25) is 0 Å². The Morgan fingerprint density at radius 3 is 2.44 bits per heavy atom. The first-order valence-electron chi connectivity index (χ1n) is 13.9. The Labute approximate surface area is 239 Å². The lowest BCUT2D eigenvalue weighted by Crippen LogP contribution is -2.56. The summed E-state index contributed by atoms with van der Waals surface area (Å²) in [6.07, 6.45) is 3.98. The fourth-order valence-electron chi connectivity index (χ4n) is 5.90. The van der Waals surface area contributed by atoms with Crippen LogP contribution < -0.4 is 4.74 Å². The predicted octanol–water partition coefficient (Wildman–Crippen LogP) is 6.15. The molecule has 8 heteroatoms. The number of fused-ring (bicyclic) bond motifs is 1. The van der Waals surface area contributed by atoms with E-state index in [1.165, 1.54) is 0 Å². The number of hydrogen-bond donors (Lipinski definition) is 0. The van der Waals surface area contributed by atoms with Crippen LogP contribution in [-0.4, -0.2) is 71.8 Å². The molecule has 5 rings (SSSR count). The van der Waals surface area contributed by atoms with Crippen LogP contribution in [0.1, 0.15) is 55.6 Å². The molecule has 2 aromatic carbocycles. The predicted molar refractivity (Wildman–Crippen MR) is 158 cm³/mol. The molecule has 0 bridgehead atoms. The molecule has 39 heavy (non-hydrogen) atoms. The van der Waals surface area contributed by atoms with Gasteiger partial charge in [0.2, 0.25) is 0 Å². The highest BCUT2D eigenvalue weighted by atomic mass is 79.9. The molecule has 1 aromatic heterocycles. The molecule has 3 heterocycles. The summed E-state index contributed by atoms with van der Waals surface area (Å²) >= 11 is 3.53. The third-order valence-electron chi connectivity index (χ3n) is 8.32. The number of pyridine rings is 1. The average molecular weight is 594 g/mol. The van der Waals surface area contributed by atoms with Crippen LogP contribution in [0, 0.1) is 5.92 Å². The van der Waals surface area contributed by atoms with Gasteiger partial charge in [-0.15, -0.1) is 0 Å². The van der Waals surface area contributed by atoms with Crippen LogP contribution in [-0.2, 0) is 4.84 Å². The zero-order valence-electron chi connectivity index (χ0n) is 23.0. The summed E-state index contributed by atoms with van der Waals surface area (Å²) in [7, 11) is 1.63. The molecule has 0 N–H and O–H groups in total. The summed E-state index contributed by atoms with van der Waals surface area (Å²) in [4.78, 5) is 28.2. The van der Waals surface area contributed by atoms with Gasteiger partial charge >= 0.3 is 0 Å². The number of oxime groups is 1. The van der Waals surface area contributed by atoms with Crippen molar-refractivity contribution in [2.45, 2.75) is 45.1 Å². The minimum Gasteiger partial charge on any atom is -0.496 e. The number of nitrogens with zero attached hydrogens (tertiary/aromatic N) is 4. The molecule has 0 saturated carbocycles. The molecule has 0 unspecified atom stereocenters. The molecule has 2 fully saturated rings. The Bertz CT molecular complexity index is 1330. The lowest BCUT2D eigenvalue weighted by molar-refractivity contribution is 0.0159. The second-order valence-electron chi connectivity index (χ2n) is 10.7. The summed E-state index contributed by atoms with van der Waals surface area (Å²) in [5.74, 6) is 1.03. The van der Waals surface area contributed by atoms with Crippen LogP contribution >= 0.6 is 15.9 Å². The van der Waals surface area contributed by atoms with Gasteiger partial charge in [-0.3, -0.25) is 9.69 Å². The van der Waals surface area contributed by atoms with Gasteiger partial charge in [0.15, 0.2) is 0 Å². The zero-order valence-corrected chi connectivity index (χ0v) is 24.6. The first-order chi connectivity index (χ1) is 18.9. The molecule has 7 nitrogen and oxygen atoms in total. The maximum Gasteiger partial charge on any atom is 0.272 e. The second-order valence-corrected chi connectivity index (χ2v) is 11.6. The van der Waals surface area contributed by atoms with Crippen molar-refractivity contribution >= 4 is 38.5 Å². The third-order valence-corrected chi connectivity index (χ3v) is 8.85. The van der Waals surface area contributed by atoms with Gasteiger partial charge < -0.3 is 14.5 Å². The van der Waals surface area contributed by atoms with Gasteiger partial charge in [-0.05, 0) is 82.4 Å². The number of halogens is 1. The Morgan fingerprint density at radius 2 is 1.77 bits per heavy atom. The van der Waals surface area contributed by atoms with Gasteiger partial charge in [0, 0.05) is 40.5 Å². The third kappa shape index (κ3) is 5.97. The van der Waals surface area contributed by atoms with Crippen LogP contribution in [0.5, 0.6) is 5.75 Å². The smallest absolute Gasteiger partial charge is 0.272 e. The Hall–Kier alpha value is -2.97. The Morgan fingerprint density at radius 1 is 1.08 bits per heavy atom. The van der Waals surface area contributed by atoms with Crippen molar-refractivity contribution in [3.8, 4) is 5.75 Å². The second kappa shape index (κ2) is 12.0. The van der Waals surface area contributed by atoms with Gasteiger partial charge in [-0.1, -0.05) is 45.4 Å². The van der Waals surface area contributed by atoms with E-state index in [2.05, 4.69) is 62.2 Å². The summed E-state index contributed by atoms with van der Waals surface area (Å²) in [6.45, 7) is 8.37. The van der Waals surface area contributed by atoms with Gasteiger partial charge in [0.25, 0.3) is 5.91 Å². The van der Waals surface area contributed by atoms with E-state index in [0.29, 0.717) is 24.0 Å². The number of para-hydroxylation sites is 1. The van der Waals surface area contributed by atoms with Crippen molar-refractivity contribution in [3.05, 3.63) is 70.3 Å². The Balaban J connectivity index is 1.22. The molecule has 0 spiro atoms. The van der Waals surface area contributed by atoms with Crippen LogP contribution in [0.25, 0.3) is 10.9 Å². The number of benzene rings is 2. The number of hydrogen-bond acceptors (Lipinski definition) is 6. The number of ether oxygens (including phenoxy) is 1. The highest BCUT2D eigenvalue weighted by molar-refractivity contribution is 9.10. The quantitative estimate of drug-likeness (QED) is 0.243. The molecule has 0 radical (unpaired) electrons. The summed E-state index contributed by atoms with van der Waals surface area (Å²) in [5.41, 5.74) is 3.48. The lowest BCUT2D eigenvalue weighted by atomic mass is 9.82. The number of likely N-dealkylation sites (tertiary alicyclic amines) is 2. The summed E-state index contributed by atoms with van der Waals surface area (Å²) < 4.78 is 6.62. The maximum atomic E-state index is 13.4. The van der Waals surface area contributed by atoms with E-state index in [0.717, 1.165) is 78.5 Å². The van der Waals surface area contributed by atoms with Gasteiger partial charge in [-0.25, -0.2) is 4.98 Å². The molecule has 1 amide bonds. The van der Waals surface area contributed by atoms with Crippen LogP contribution in [0.3, 0.4) is 0 Å². The number of carbonyl (C=O) groups excluding carboxylic acids is 1. The van der Waals surface area contributed by atoms with E-state index in [1.807, 2.05) is 36.1 Å². The standard InChI is InChI=1S/C31H37BrN4O3/c1-4-39-34-29(22-9-11-24(32)12-10-22)23-13-17-36(18-14-23)31(2)15-19-35(20-16-31)30(37)27-21-28(38-3)25-7-5-6-8-26(25)33-27/h5-12,21,23H,4,13-20H2,1-3H3. The van der Waals surface area contributed by atoms with E-state index >= 15 is 0 Å². The number of amides is 1. The van der Waals surface area contributed by atoms with Crippen LogP contribution in [0.15, 0.2) is 64.2 Å². The molecule has 0 aliphatic carbocycles. The van der Waals surface area contributed by atoms with E-state index in [9.17, 15) is 4.79 Å². The highest BCUT2D eigenvalue weighted by Crippen LogP contribution is 2.34. The van der Waals surface area contributed by atoms with Gasteiger partial charge in [0.1, 0.15) is 18.1 Å². The summed E-state index contributed by atoms with van der Waals surface area (Å²) in [6, 6.07) is 17.9. The molecule has 206 valence electrons. The molecular formula is C31H37BrN4O3. The molecular weight excluding hydrogens is 556 g/mol. The topological polar surface area (TPSA) is 67.3 Å². The normalized spacial score (nSPS) is 18.8. The largest absolute Gasteiger partial charge is 0.496 e. The lowest BCUT2D eigenvalue weighted by Gasteiger charge is -2.49. The average Bonchev–Trinajstić information content (AvgIpc) is 2.98. The Kier molecular flexibility index (Phi) is 8.52. The molecule has 2 aliphatic heterocycles. The van der Waals surface area contributed by atoms with Gasteiger partial charge in [0.05, 0.1) is 18.3 Å². The van der Waals surface area contributed by atoms with Crippen molar-refractivity contribution in [1.82, 2.24) is 14.8 Å². The van der Waals surface area contributed by atoms with Crippen molar-refractivity contribution in [2.75, 3.05) is 39.9 Å². The van der Waals surface area contributed by atoms with Crippen molar-refractivity contribution < 1.29 is 14.4 Å². The number of piperidine rings is 2. The zero-order chi connectivity index (χ0) is 27.4. The minimum absolute atomic E-state index is 0.0221. The van der Waals surface area contributed by atoms with Gasteiger partial charge in [-0.2, -0.15) is 0 Å². The van der Waals surface area contributed by atoms with E-state index < -0.39 is 0 Å². The SMILES string of the molecule is CCON=C(c1ccc(Br)cc1)C1CCN(C2(C)CCN(C(=O)c3cc(OC)c4ccccc4n3)CC2)CC1. The number of carbonyl (C=O) groups is 1. The first kappa shape index (κ1) is 27.6.